The molecule has 0 amide bonds. The maximum absolute atomic E-state index is 6.32. The Labute approximate surface area is 254 Å². The third-order valence-corrected chi connectivity index (χ3v) is 7.58. The average molecular weight is 595 g/mol. The molecule has 2 N–H and O–H groups in total. The molecule has 8 rings (SSSR count). The molecule has 0 fully saturated rings. The fraction of sp³-hybridized carbons (Fsp3) is 0.152. The van der Waals surface area contributed by atoms with Gasteiger partial charge in [0.05, 0.1) is 0 Å². The standard InChI is InChI=1S/C33H26N10O2/c1-3-34-30-26-28(38-15-13-36-26)42-32(44-30)24-20(18-9-5-7-11-22(18)40-24)17-21-19-10-6-8-12-23(19)41-25(21)33-43-29-27(37-14-16-39-29)31(45-33)35-4-2/h5-16,40-41H,3-4,17H2,1-2H3/b34-30+,35-31?. The molecule has 0 unspecified atom stereocenters. The minimum Gasteiger partial charge on any atom is -0.416 e. The van der Waals surface area contributed by atoms with E-state index >= 15 is 0 Å². The number of H-pyrrole nitrogens is 2. The highest BCUT2D eigenvalue weighted by Crippen LogP contribution is 2.36. The Bertz CT molecular complexity index is 2350. The lowest BCUT2D eigenvalue weighted by atomic mass is 9.98. The van der Waals surface area contributed by atoms with Crippen LogP contribution in [0.5, 0.6) is 0 Å². The van der Waals surface area contributed by atoms with Crippen LogP contribution in [0.1, 0.15) is 25.0 Å². The summed E-state index contributed by atoms with van der Waals surface area (Å²) in [6.45, 7) is 4.94. The Balaban J connectivity index is 1.38. The summed E-state index contributed by atoms with van der Waals surface area (Å²) in [6, 6.07) is 16.3. The first-order valence-corrected chi connectivity index (χ1v) is 14.7. The highest BCUT2D eigenvalue weighted by molar-refractivity contribution is 5.94. The van der Waals surface area contributed by atoms with E-state index < -0.39 is 0 Å². The molecule has 45 heavy (non-hydrogen) atoms. The van der Waals surface area contributed by atoms with Crippen molar-refractivity contribution < 1.29 is 8.83 Å². The van der Waals surface area contributed by atoms with Crippen LogP contribution < -0.4 is 11.1 Å². The predicted molar refractivity (Wildman–Crippen MR) is 169 cm³/mol. The van der Waals surface area contributed by atoms with E-state index in [1.54, 1.807) is 24.8 Å². The second-order valence-corrected chi connectivity index (χ2v) is 10.3. The summed E-state index contributed by atoms with van der Waals surface area (Å²) < 4.78 is 12.6. The fourth-order valence-corrected chi connectivity index (χ4v) is 5.67. The van der Waals surface area contributed by atoms with Crippen LogP contribution >= 0.6 is 0 Å². The van der Waals surface area contributed by atoms with Gasteiger partial charge in [0.1, 0.15) is 11.4 Å². The molecule has 0 bridgehead atoms. The smallest absolute Gasteiger partial charge is 0.247 e. The second kappa shape index (κ2) is 10.9. The van der Waals surface area contributed by atoms with Gasteiger partial charge in [0.25, 0.3) is 0 Å². The monoisotopic (exact) mass is 594 g/mol. The molecule has 0 atom stereocenters. The lowest BCUT2D eigenvalue weighted by Gasteiger charge is -2.08. The second-order valence-electron chi connectivity index (χ2n) is 10.3. The van der Waals surface area contributed by atoms with Crippen molar-refractivity contribution in [1.29, 1.82) is 0 Å². The van der Waals surface area contributed by atoms with Crippen molar-refractivity contribution in [2.24, 2.45) is 9.98 Å². The first-order valence-electron chi connectivity index (χ1n) is 14.7. The molecule has 6 heterocycles. The molecule has 0 saturated carbocycles. The summed E-state index contributed by atoms with van der Waals surface area (Å²) in [5.74, 6) is 0.742. The van der Waals surface area contributed by atoms with Crippen LogP contribution in [0, 0.1) is 0 Å². The van der Waals surface area contributed by atoms with Crippen molar-refractivity contribution in [2.45, 2.75) is 20.3 Å². The zero-order chi connectivity index (χ0) is 30.3. The van der Waals surface area contributed by atoms with Crippen LogP contribution in [0.25, 0.3) is 67.3 Å². The third kappa shape index (κ3) is 4.54. The first-order chi connectivity index (χ1) is 22.2. The third-order valence-electron chi connectivity index (χ3n) is 7.58. The Morgan fingerprint density at radius 1 is 0.600 bits per heavy atom. The van der Waals surface area contributed by atoms with Gasteiger partial charge in [0.2, 0.25) is 22.9 Å². The van der Waals surface area contributed by atoms with E-state index in [1.807, 2.05) is 50.2 Å². The molecule has 12 nitrogen and oxygen atoms in total. The van der Waals surface area contributed by atoms with Gasteiger partial charge < -0.3 is 18.8 Å². The van der Waals surface area contributed by atoms with Crippen molar-refractivity contribution in [3.8, 4) is 23.2 Å². The van der Waals surface area contributed by atoms with Crippen LogP contribution in [0.4, 0.5) is 0 Å². The average Bonchev–Trinajstić information content (AvgIpc) is 3.64. The molecule has 0 saturated heterocycles. The van der Waals surface area contributed by atoms with Crippen molar-refractivity contribution >= 4 is 44.1 Å². The van der Waals surface area contributed by atoms with Crippen molar-refractivity contribution in [3.05, 3.63) is 95.6 Å². The van der Waals surface area contributed by atoms with E-state index in [0.29, 0.717) is 64.7 Å². The van der Waals surface area contributed by atoms with Crippen molar-refractivity contribution in [2.75, 3.05) is 13.1 Å². The fourth-order valence-electron chi connectivity index (χ4n) is 5.67. The van der Waals surface area contributed by atoms with Gasteiger partial charge in [-0.15, -0.1) is 0 Å². The summed E-state index contributed by atoms with van der Waals surface area (Å²) >= 11 is 0. The van der Waals surface area contributed by atoms with Gasteiger partial charge in [0, 0.05) is 66.1 Å². The number of aromatic nitrogens is 8. The number of rotatable bonds is 6. The Morgan fingerprint density at radius 3 is 1.51 bits per heavy atom. The normalized spacial score (nSPS) is 12.8. The largest absolute Gasteiger partial charge is 0.416 e. The number of para-hydroxylation sites is 2. The Morgan fingerprint density at radius 2 is 1.04 bits per heavy atom. The van der Waals surface area contributed by atoms with Crippen LogP contribution in [0.2, 0.25) is 0 Å². The molecule has 0 radical (unpaired) electrons. The molecule has 8 aromatic rings. The van der Waals surface area contributed by atoms with Crippen LogP contribution in [-0.2, 0) is 6.42 Å². The quantitative estimate of drug-likeness (QED) is 0.263. The topological polar surface area (TPSA) is 160 Å². The molecule has 220 valence electrons. The number of hydrogen-bond donors (Lipinski definition) is 2. The van der Waals surface area contributed by atoms with Gasteiger partial charge in [-0.3, -0.25) is 0 Å². The maximum atomic E-state index is 6.32. The summed E-state index contributed by atoms with van der Waals surface area (Å²) in [6.07, 6.45) is 6.94. The SMILES string of the molecule is CCN=c1oc(-c2[nH]c3ccccc3c2Cc2c(-c3nc4nccnc4/c(=N\CC)o3)[nH]c3ccccc23)nc2nccnc12. The van der Waals surface area contributed by atoms with Crippen LogP contribution in [0.3, 0.4) is 0 Å². The van der Waals surface area contributed by atoms with Crippen molar-refractivity contribution in [1.82, 2.24) is 39.9 Å². The molecule has 0 aliphatic heterocycles. The number of nitrogens with zero attached hydrogens (tertiary/aromatic N) is 8. The van der Waals surface area contributed by atoms with Gasteiger partial charge in [-0.25, -0.2) is 29.9 Å². The van der Waals surface area contributed by atoms with E-state index in [-0.39, 0.29) is 0 Å². The van der Waals surface area contributed by atoms with Crippen molar-refractivity contribution in [3.63, 3.8) is 0 Å². The zero-order valence-corrected chi connectivity index (χ0v) is 24.4. The molecule has 2 aromatic carbocycles. The predicted octanol–water partition coefficient (Wildman–Crippen LogP) is 5.28. The summed E-state index contributed by atoms with van der Waals surface area (Å²) in [7, 11) is 0. The van der Waals surface area contributed by atoms with Crippen LogP contribution in [0.15, 0.2) is 92.1 Å². The first kappa shape index (κ1) is 26.6. The molecule has 0 spiro atoms. The molecule has 0 aliphatic rings. The Hall–Kier alpha value is -6.04. The maximum Gasteiger partial charge on any atom is 0.247 e. The zero-order valence-electron chi connectivity index (χ0n) is 24.4. The lowest BCUT2D eigenvalue weighted by Crippen LogP contribution is -2.10. The molecule has 12 heteroatoms. The minimum absolute atomic E-state index is 0.371. The highest BCUT2D eigenvalue weighted by atomic mass is 16.4. The van der Waals surface area contributed by atoms with E-state index in [0.717, 1.165) is 44.3 Å². The van der Waals surface area contributed by atoms with E-state index in [4.69, 9.17) is 18.8 Å². The van der Waals surface area contributed by atoms with Gasteiger partial charge in [-0.05, 0) is 37.1 Å². The van der Waals surface area contributed by atoms with Gasteiger partial charge in [-0.1, -0.05) is 36.4 Å². The molecule has 0 aliphatic carbocycles. The van der Waals surface area contributed by atoms with Gasteiger partial charge >= 0.3 is 0 Å². The Kier molecular flexibility index (Phi) is 6.44. The summed E-state index contributed by atoms with van der Waals surface area (Å²) in [4.78, 5) is 43.5. The summed E-state index contributed by atoms with van der Waals surface area (Å²) in [5, 5.41) is 2.06. The number of aromatic amines is 2. The minimum atomic E-state index is 0.371. The summed E-state index contributed by atoms with van der Waals surface area (Å²) in [5.41, 5.74) is 8.02. The van der Waals surface area contributed by atoms with Crippen LogP contribution in [-0.4, -0.2) is 53.0 Å². The van der Waals surface area contributed by atoms with Gasteiger partial charge in [-0.2, -0.15) is 9.97 Å². The van der Waals surface area contributed by atoms with E-state index in [9.17, 15) is 0 Å². The number of fused-ring (bicyclic) bond motifs is 4. The van der Waals surface area contributed by atoms with E-state index in [2.05, 4.69) is 52.0 Å². The number of hydrogen-bond acceptors (Lipinski definition) is 10. The molecule has 6 aromatic heterocycles. The number of nitrogens with one attached hydrogen (secondary N) is 2. The lowest BCUT2D eigenvalue weighted by molar-refractivity contribution is 0.494. The molecular weight excluding hydrogens is 568 g/mol. The molecular formula is C33H26N10O2. The number of benzene rings is 2. The van der Waals surface area contributed by atoms with E-state index in [1.165, 1.54) is 0 Å². The van der Waals surface area contributed by atoms with Gasteiger partial charge in [0.15, 0.2) is 22.3 Å². The highest BCUT2D eigenvalue weighted by Gasteiger charge is 2.24.